The van der Waals surface area contributed by atoms with Crippen molar-refractivity contribution in [1.82, 2.24) is 30.2 Å². The van der Waals surface area contributed by atoms with Gasteiger partial charge in [0.15, 0.2) is 0 Å². The minimum Gasteiger partial charge on any atom is -0.352 e. The van der Waals surface area contributed by atoms with Crippen LogP contribution in [0.4, 0.5) is 0 Å². The first kappa shape index (κ1) is 16.5. The van der Waals surface area contributed by atoms with Gasteiger partial charge in [-0.1, -0.05) is 12.1 Å². The second-order valence-corrected chi connectivity index (χ2v) is 6.65. The largest absolute Gasteiger partial charge is 0.352 e. The van der Waals surface area contributed by atoms with Crippen LogP contribution >= 0.6 is 0 Å². The fraction of sp³-hybridized carbons (Fsp3) is 0.316. The van der Waals surface area contributed by atoms with Gasteiger partial charge in [-0.15, -0.1) is 0 Å². The van der Waals surface area contributed by atoms with Gasteiger partial charge in [0.25, 0.3) is 0 Å². The van der Waals surface area contributed by atoms with E-state index in [1.54, 1.807) is 10.9 Å². The molecule has 1 fully saturated rings. The lowest BCUT2D eigenvalue weighted by atomic mass is 9.90. The van der Waals surface area contributed by atoms with Crippen LogP contribution in [0.1, 0.15) is 17.0 Å². The third-order valence-electron chi connectivity index (χ3n) is 4.88. The van der Waals surface area contributed by atoms with Gasteiger partial charge in [-0.05, 0) is 29.3 Å². The Morgan fingerprint density at radius 1 is 1.27 bits per heavy atom. The topological polar surface area (TPSA) is 76.8 Å². The second-order valence-electron chi connectivity index (χ2n) is 6.65. The molecule has 1 aliphatic rings. The molecule has 0 unspecified atom stereocenters. The van der Waals surface area contributed by atoms with Gasteiger partial charge in [0.2, 0.25) is 5.91 Å². The molecule has 7 heteroatoms. The summed E-state index contributed by atoms with van der Waals surface area (Å²) in [6.45, 7) is 2.03. The van der Waals surface area contributed by atoms with E-state index in [0.717, 1.165) is 23.4 Å². The van der Waals surface area contributed by atoms with Gasteiger partial charge in [0.1, 0.15) is 0 Å². The summed E-state index contributed by atoms with van der Waals surface area (Å²) >= 11 is 0. The molecule has 3 heterocycles. The number of nitrogens with zero attached hydrogens (tertiary/aromatic N) is 4. The van der Waals surface area contributed by atoms with E-state index >= 15 is 0 Å². The standard InChI is InChI=1S/C19H22N6O/c1-24-13-15(10-23-24)17-11-20-12-18(17)19(26)21-9-14-3-5-16(6-4-14)25-8-2-7-22-25/h2-8,10,13,17-18,20H,9,11-12H2,1H3,(H,21,26)/t17-,18+/m1/s1. The Kier molecular flexibility index (Phi) is 4.53. The molecule has 1 amide bonds. The van der Waals surface area contributed by atoms with E-state index in [-0.39, 0.29) is 17.7 Å². The third-order valence-corrected chi connectivity index (χ3v) is 4.88. The van der Waals surface area contributed by atoms with E-state index in [2.05, 4.69) is 20.8 Å². The van der Waals surface area contributed by atoms with Crippen molar-refractivity contribution in [3.63, 3.8) is 0 Å². The Bertz CT molecular complexity index is 868. The van der Waals surface area contributed by atoms with Crippen molar-refractivity contribution in [3.8, 4) is 5.69 Å². The Morgan fingerprint density at radius 3 is 2.81 bits per heavy atom. The van der Waals surface area contributed by atoms with Crippen LogP contribution in [-0.2, 0) is 18.4 Å². The van der Waals surface area contributed by atoms with Gasteiger partial charge in [-0.2, -0.15) is 10.2 Å². The zero-order valence-electron chi connectivity index (χ0n) is 14.7. The molecule has 1 aromatic carbocycles. The number of hydrogen-bond acceptors (Lipinski definition) is 4. The summed E-state index contributed by atoms with van der Waals surface area (Å²) in [7, 11) is 1.90. The lowest BCUT2D eigenvalue weighted by Crippen LogP contribution is -2.33. The van der Waals surface area contributed by atoms with Crippen molar-refractivity contribution in [2.75, 3.05) is 13.1 Å². The van der Waals surface area contributed by atoms with Crippen molar-refractivity contribution in [1.29, 1.82) is 0 Å². The quantitative estimate of drug-likeness (QED) is 0.726. The summed E-state index contributed by atoms with van der Waals surface area (Å²) in [6.07, 6.45) is 7.50. The first-order chi connectivity index (χ1) is 12.7. The molecule has 1 saturated heterocycles. The summed E-state index contributed by atoms with van der Waals surface area (Å²) < 4.78 is 3.59. The number of rotatable bonds is 5. The fourth-order valence-corrected chi connectivity index (χ4v) is 3.44. The Morgan fingerprint density at radius 2 is 2.12 bits per heavy atom. The fourth-order valence-electron chi connectivity index (χ4n) is 3.44. The predicted molar refractivity (Wildman–Crippen MR) is 97.7 cm³/mol. The normalized spacial score (nSPS) is 19.6. The second kappa shape index (κ2) is 7.13. The van der Waals surface area contributed by atoms with Crippen LogP contribution in [0.15, 0.2) is 55.1 Å². The minimum absolute atomic E-state index is 0.0671. The number of amides is 1. The zero-order chi connectivity index (χ0) is 17.9. The number of hydrogen-bond donors (Lipinski definition) is 2. The van der Waals surface area contributed by atoms with E-state index < -0.39 is 0 Å². The first-order valence-electron chi connectivity index (χ1n) is 8.76. The van der Waals surface area contributed by atoms with Gasteiger partial charge >= 0.3 is 0 Å². The first-order valence-corrected chi connectivity index (χ1v) is 8.76. The van der Waals surface area contributed by atoms with Gasteiger partial charge in [-0.25, -0.2) is 4.68 Å². The Labute approximate surface area is 152 Å². The van der Waals surface area contributed by atoms with Crippen LogP contribution in [0.2, 0.25) is 0 Å². The van der Waals surface area contributed by atoms with E-state index in [0.29, 0.717) is 13.1 Å². The number of nitrogens with one attached hydrogen (secondary N) is 2. The molecule has 1 aliphatic heterocycles. The molecule has 4 rings (SSSR count). The average molecular weight is 350 g/mol. The summed E-state index contributed by atoms with van der Waals surface area (Å²) in [5.74, 6) is 0.188. The van der Waals surface area contributed by atoms with E-state index in [1.165, 1.54) is 0 Å². The lowest BCUT2D eigenvalue weighted by molar-refractivity contribution is -0.125. The van der Waals surface area contributed by atoms with Gasteiger partial charge < -0.3 is 10.6 Å². The average Bonchev–Trinajstić information content (AvgIpc) is 3.40. The molecule has 0 saturated carbocycles. The van der Waals surface area contributed by atoms with Crippen LogP contribution < -0.4 is 10.6 Å². The number of carbonyl (C=O) groups excluding carboxylic acids is 1. The van der Waals surface area contributed by atoms with Gasteiger partial charge in [-0.3, -0.25) is 9.48 Å². The van der Waals surface area contributed by atoms with Gasteiger partial charge in [0.05, 0.1) is 17.8 Å². The van der Waals surface area contributed by atoms with Crippen LogP contribution in [0.5, 0.6) is 0 Å². The Balaban J connectivity index is 1.37. The monoisotopic (exact) mass is 350 g/mol. The summed E-state index contributed by atoms with van der Waals surface area (Å²) in [5, 5.41) is 14.8. The van der Waals surface area contributed by atoms with Crippen LogP contribution in [0, 0.1) is 5.92 Å². The maximum Gasteiger partial charge on any atom is 0.225 e. The number of carbonyl (C=O) groups is 1. The molecule has 134 valence electrons. The molecular weight excluding hydrogens is 328 g/mol. The van der Waals surface area contributed by atoms with Crippen molar-refractivity contribution in [2.24, 2.45) is 13.0 Å². The smallest absolute Gasteiger partial charge is 0.225 e. The highest BCUT2D eigenvalue weighted by atomic mass is 16.1. The summed E-state index contributed by atoms with van der Waals surface area (Å²) in [6, 6.07) is 9.93. The molecule has 0 radical (unpaired) electrons. The molecule has 0 aliphatic carbocycles. The lowest BCUT2D eigenvalue weighted by Gasteiger charge is -2.17. The maximum atomic E-state index is 12.7. The van der Waals surface area contributed by atoms with Crippen molar-refractivity contribution in [3.05, 3.63) is 66.2 Å². The predicted octanol–water partition coefficient (Wildman–Crippen LogP) is 1.23. The van der Waals surface area contributed by atoms with E-state index in [9.17, 15) is 4.79 Å². The highest BCUT2D eigenvalue weighted by Gasteiger charge is 2.34. The molecule has 2 N–H and O–H groups in total. The van der Waals surface area contributed by atoms with Crippen LogP contribution in [-0.4, -0.2) is 38.6 Å². The van der Waals surface area contributed by atoms with Crippen molar-refractivity contribution >= 4 is 5.91 Å². The molecule has 7 nitrogen and oxygen atoms in total. The van der Waals surface area contributed by atoms with Crippen molar-refractivity contribution < 1.29 is 4.79 Å². The molecule has 3 aromatic rings. The third kappa shape index (κ3) is 3.39. The molecule has 0 bridgehead atoms. The maximum absolute atomic E-state index is 12.7. The number of aromatic nitrogens is 4. The molecule has 26 heavy (non-hydrogen) atoms. The van der Waals surface area contributed by atoms with Gasteiger partial charge in [0, 0.05) is 51.2 Å². The highest BCUT2D eigenvalue weighted by Crippen LogP contribution is 2.27. The van der Waals surface area contributed by atoms with Crippen LogP contribution in [0.3, 0.4) is 0 Å². The Hall–Kier alpha value is -2.93. The summed E-state index contributed by atoms with van der Waals surface area (Å²) in [5.41, 5.74) is 3.18. The van der Waals surface area contributed by atoms with E-state index in [4.69, 9.17) is 0 Å². The number of benzene rings is 1. The van der Waals surface area contributed by atoms with E-state index in [1.807, 2.05) is 60.7 Å². The molecule has 2 atom stereocenters. The molecule has 0 spiro atoms. The highest BCUT2D eigenvalue weighted by molar-refractivity contribution is 5.80. The molecular formula is C19H22N6O. The SMILES string of the molecule is Cn1cc([C@H]2CNC[C@@H]2C(=O)NCc2ccc(-n3cccn3)cc2)cn1. The molecule has 2 aromatic heterocycles. The van der Waals surface area contributed by atoms with Crippen molar-refractivity contribution in [2.45, 2.75) is 12.5 Å². The summed E-state index contributed by atoms with van der Waals surface area (Å²) in [4.78, 5) is 12.7. The number of aryl methyl sites for hydroxylation is 1. The zero-order valence-corrected chi connectivity index (χ0v) is 14.7. The minimum atomic E-state index is -0.0671. The van der Waals surface area contributed by atoms with Crippen LogP contribution in [0.25, 0.3) is 5.69 Å².